The molecule has 0 aliphatic heterocycles. The summed E-state index contributed by atoms with van der Waals surface area (Å²) in [5.41, 5.74) is 0.541. The van der Waals surface area contributed by atoms with Crippen molar-refractivity contribution in [2.24, 2.45) is 0 Å². The van der Waals surface area contributed by atoms with Crippen molar-refractivity contribution in [2.75, 3.05) is 27.3 Å². The third-order valence-electron chi connectivity index (χ3n) is 2.52. The van der Waals surface area contributed by atoms with Gasteiger partial charge in [-0.05, 0) is 30.7 Å². The zero-order chi connectivity index (χ0) is 14.3. The zero-order valence-corrected chi connectivity index (χ0v) is 11.5. The number of likely N-dealkylation sites (N-methyl/N-ethyl adjacent to an activating group) is 1. The number of methoxy groups -OCH3 is 1. The first-order valence-corrected chi connectivity index (χ1v) is 6.13. The Kier molecular flexibility index (Phi) is 5.85. The topological polar surface area (TPSA) is 55.8 Å². The number of hydrogen-bond acceptors (Lipinski definition) is 4. The number of ether oxygens (including phenoxy) is 2. The molecule has 0 fully saturated rings. The largest absolute Gasteiger partial charge is 0.494 e. The molecule has 0 unspecified atom stereocenters. The summed E-state index contributed by atoms with van der Waals surface area (Å²) < 4.78 is 9.96. The number of carbonyl (C=O) groups excluding carboxylic acids is 2. The van der Waals surface area contributed by atoms with Crippen LogP contribution < -0.4 is 4.74 Å². The molecule has 0 aliphatic carbocycles. The minimum atomic E-state index is -0.531. The van der Waals surface area contributed by atoms with Crippen LogP contribution >= 0.6 is 0 Å². The average molecular weight is 265 g/mol. The summed E-state index contributed by atoms with van der Waals surface area (Å²) in [5.74, 6) is 0.592. The highest BCUT2D eigenvalue weighted by molar-refractivity contribution is 5.98. The molecular formula is C14H19NO4. The Morgan fingerprint density at radius 3 is 2.37 bits per heavy atom. The number of rotatable bonds is 6. The number of Topliss-reactive ketones (excluding diaryl/α,β-unsaturated/α-hetero) is 1. The highest BCUT2D eigenvalue weighted by Crippen LogP contribution is 2.13. The van der Waals surface area contributed by atoms with E-state index < -0.39 is 6.09 Å². The standard InChI is InChI=1S/C14H19NO4/c1-4-9-19-12-7-5-11(6-8-12)13(16)10-15(2)14(17)18-3/h5-8H,4,9-10H2,1-3H3. The Morgan fingerprint density at radius 2 is 1.84 bits per heavy atom. The van der Waals surface area contributed by atoms with Crippen LogP contribution in [-0.2, 0) is 4.74 Å². The molecule has 1 aromatic rings. The van der Waals surface area contributed by atoms with Crippen LogP contribution in [-0.4, -0.2) is 44.1 Å². The van der Waals surface area contributed by atoms with Gasteiger partial charge in [-0.3, -0.25) is 4.79 Å². The molecule has 0 atom stereocenters. The van der Waals surface area contributed by atoms with Crippen LogP contribution in [0.25, 0.3) is 0 Å². The zero-order valence-electron chi connectivity index (χ0n) is 11.5. The first kappa shape index (κ1) is 15.0. The first-order valence-electron chi connectivity index (χ1n) is 6.13. The van der Waals surface area contributed by atoms with Crippen LogP contribution in [0.2, 0.25) is 0 Å². The first-order chi connectivity index (χ1) is 9.08. The molecule has 5 heteroatoms. The van der Waals surface area contributed by atoms with Gasteiger partial charge in [-0.25, -0.2) is 4.79 Å². The van der Waals surface area contributed by atoms with Gasteiger partial charge in [-0.2, -0.15) is 0 Å². The smallest absolute Gasteiger partial charge is 0.409 e. The van der Waals surface area contributed by atoms with Crippen LogP contribution in [0, 0.1) is 0 Å². The van der Waals surface area contributed by atoms with Gasteiger partial charge in [0.2, 0.25) is 0 Å². The van der Waals surface area contributed by atoms with Gasteiger partial charge >= 0.3 is 6.09 Å². The van der Waals surface area contributed by atoms with Crippen LogP contribution in [0.15, 0.2) is 24.3 Å². The Balaban J connectivity index is 2.60. The molecule has 5 nitrogen and oxygen atoms in total. The third kappa shape index (κ3) is 4.62. The van der Waals surface area contributed by atoms with Crippen LogP contribution in [0.4, 0.5) is 4.79 Å². The highest BCUT2D eigenvalue weighted by atomic mass is 16.5. The summed E-state index contributed by atoms with van der Waals surface area (Å²) in [6.45, 7) is 2.67. The molecule has 0 saturated heterocycles. The monoisotopic (exact) mass is 265 g/mol. The molecule has 19 heavy (non-hydrogen) atoms. The van der Waals surface area contributed by atoms with Gasteiger partial charge in [0.1, 0.15) is 5.75 Å². The van der Waals surface area contributed by atoms with Gasteiger partial charge in [0, 0.05) is 12.6 Å². The van der Waals surface area contributed by atoms with E-state index in [1.54, 1.807) is 24.3 Å². The molecule has 104 valence electrons. The molecule has 1 aromatic carbocycles. The molecule has 1 rings (SSSR count). The minimum absolute atomic E-state index is 0.0121. The maximum atomic E-state index is 11.9. The molecule has 0 aliphatic rings. The van der Waals surface area contributed by atoms with Gasteiger partial charge in [-0.1, -0.05) is 6.92 Å². The molecule has 0 heterocycles. The lowest BCUT2D eigenvalue weighted by Crippen LogP contribution is -2.31. The van der Waals surface area contributed by atoms with E-state index in [4.69, 9.17) is 4.74 Å². The van der Waals surface area contributed by atoms with Crippen molar-refractivity contribution in [3.8, 4) is 5.75 Å². The summed E-state index contributed by atoms with van der Waals surface area (Å²) in [7, 11) is 2.80. The van der Waals surface area contributed by atoms with E-state index in [-0.39, 0.29) is 12.3 Å². The SMILES string of the molecule is CCCOc1ccc(C(=O)CN(C)C(=O)OC)cc1. The Hall–Kier alpha value is -2.04. The maximum Gasteiger partial charge on any atom is 0.409 e. The van der Waals surface area contributed by atoms with Gasteiger partial charge in [0.15, 0.2) is 5.78 Å². The fourth-order valence-electron chi connectivity index (χ4n) is 1.48. The van der Waals surface area contributed by atoms with Gasteiger partial charge in [0.25, 0.3) is 0 Å². The predicted molar refractivity (Wildman–Crippen MR) is 71.6 cm³/mol. The van der Waals surface area contributed by atoms with E-state index >= 15 is 0 Å². The van der Waals surface area contributed by atoms with Crippen molar-refractivity contribution >= 4 is 11.9 Å². The van der Waals surface area contributed by atoms with E-state index in [0.717, 1.165) is 12.2 Å². The number of nitrogens with zero attached hydrogens (tertiary/aromatic N) is 1. The van der Waals surface area contributed by atoms with E-state index in [1.165, 1.54) is 19.1 Å². The van der Waals surface area contributed by atoms with E-state index in [2.05, 4.69) is 4.74 Å². The average Bonchev–Trinajstić information content (AvgIpc) is 2.44. The quantitative estimate of drug-likeness (QED) is 0.741. The maximum absolute atomic E-state index is 11.9. The summed E-state index contributed by atoms with van der Waals surface area (Å²) in [6.07, 6.45) is 0.404. The normalized spacial score (nSPS) is 9.84. The number of benzene rings is 1. The van der Waals surface area contributed by atoms with Crippen molar-refractivity contribution in [3.63, 3.8) is 0 Å². The second-order valence-corrected chi connectivity index (χ2v) is 4.12. The van der Waals surface area contributed by atoms with Gasteiger partial charge in [0.05, 0.1) is 20.3 Å². The molecule has 1 amide bonds. The fraction of sp³-hybridized carbons (Fsp3) is 0.429. The lowest BCUT2D eigenvalue weighted by molar-refractivity contribution is 0.0909. The third-order valence-corrected chi connectivity index (χ3v) is 2.52. The van der Waals surface area contributed by atoms with Crippen LogP contribution in [0.5, 0.6) is 5.75 Å². The summed E-state index contributed by atoms with van der Waals surface area (Å²) in [4.78, 5) is 24.3. The van der Waals surface area contributed by atoms with E-state index in [0.29, 0.717) is 12.2 Å². The van der Waals surface area contributed by atoms with Crippen molar-refractivity contribution in [1.82, 2.24) is 4.90 Å². The summed E-state index contributed by atoms with van der Waals surface area (Å²) in [6, 6.07) is 6.89. The Bertz CT molecular complexity index is 428. The van der Waals surface area contributed by atoms with Gasteiger partial charge in [-0.15, -0.1) is 0 Å². The number of carbonyl (C=O) groups is 2. The van der Waals surface area contributed by atoms with Crippen molar-refractivity contribution in [1.29, 1.82) is 0 Å². The van der Waals surface area contributed by atoms with Gasteiger partial charge < -0.3 is 14.4 Å². The second kappa shape index (κ2) is 7.41. The predicted octanol–water partition coefficient (Wildman–Crippen LogP) is 2.36. The molecular weight excluding hydrogens is 246 g/mol. The van der Waals surface area contributed by atoms with Crippen LogP contribution in [0.1, 0.15) is 23.7 Å². The van der Waals surface area contributed by atoms with Crippen LogP contribution in [0.3, 0.4) is 0 Å². The highest BCUT2D eigenvalue weighted by Gasteiger charge is 2.14. The molecule has 0 bridgehead atoms. The molecule has 0 spiro atoms. The van der Waals surface area contributed by atoms with Crippen molar-refractivity contribution in [2.45, 2.75) is 13.3 Å². The molecule has 0 saturated carbocycles. The number of amides is 1. The Labute approximate surface area is 113 Å². The van der Waals surface area contributed by atoms with Crippen molar-refractivity contribution in [3.05, 3.63) is 29.8 Å². The minimum Gasteiger partial charge on any atom is -0.494 e. The summed E-state index contributed by atoms with van der Waals surface area (Å²) in [5, 5.41) is 0. The van der Waals surface area contributed by atoms with E-state index in [1.807, 2.05) is 6.92 Å². The second-order valence-electron chi connectivity index (χ2n) is 4.12. The lowest BCUT2D eigenvalue weighted by atomic mass is 10.1. The molecule has 0 radical (unpaired) electrons. The molecule has 0 N–H and O–H groups in total. The Morgan fingerprint density at radius 1 is 1.21 bits per heavy atom. The van der Waals surface area contributed by atoms with Crippen molar-refractivity contribution < 1.29 is 19.1 Å². The number of hydrogen-bond donors (Lipinski definition) is 0. The number of ketones is 1. The summed E-state index contributed by atoms with van der Waals surface area (Å²) >= 11 is 0. The lowest BCUT2D eigenvalue weighted by Gasteiger charge is -2.14. The fourth-order valence-corrected chi connectivity index (χ4v) is 1.48. The molecule has 0 aromatic heterocycles. The van der Waals surface area contributed by atoms with E-state index in [9.17, 15) is 9.59 Å².